The molecule has 4 aromatic rings. The highest BCUT2D eigenvalue weighted by atomic mass is 32.2. The molecular formula is C25H22N2O5S. The summed E-state index contributed by atoms with van der Waals surface area (Å²) in [5.74, 6) is 1.41. The fourth-order valence-electron chi connectivity index (χ4n) is 3.73. The van der Waals surface area contributed by atoms with E-state index in [0.29, 0.717) is 49.0 Å². The molecule has 168 valence electrons. The summed E-state index contributed by atoms with van der Waals surface area (Å²) < 4.78 is 38.1. The molecule has 2 aromatic carbocycles. The lowest BCUT2D eigenvalue weighted by Crippen LogP contribution is -2.40. The summed E-state index contributed by atoms with van der Waals surface area (Å²) in [6, 6.07) is 19.4. The third-order valence-corrected chi connectivity index (χ3v) is 7.43. The predicted molar refractivity (Wildman–Crippen MR) is 126 cm³/mol. The Hall–Kier alpha value is -3.46. The Morgan fingerprint density at radius 1 is 0.909 bits per heavy atom. The standard InChI is InChI=1S/C25H22N2O5S/c28-23-3-1-2-19-4-7-20(26-25(19)23)8-9-21-10-13-24(32-21)18-5-11-22(12-6-18)33(29,30)27-14-16-31-17-15-27/h1-13,28H,14-17H2. The fourth-order valence-corrected chi connectivity index (χ4v) is 5.14. The molecule has 3 heterocycles. The average molecular weight is 463 g/mol. The van der Waals surface area contributed by atoms with Crippen LogP contribution in [0.2, 0.25) is 0 Å². The Bertz CT molecular complexity index is 1420. The van der Waals surface area contributed by atoms with Crippen LogP contribution in [0.4, 0.5) is 0 Å². The van der Waals surface area contributed by atoms with E-state index >= 15 is 0 Å². The van der Waals surface area contributed by atoms with Crippen molar-refractivity contribution in [3.8, 4) is 17.1 Å². The van der Waals surface area contributed by atoms with Gasteiger partial charge in [-0.2, -0.15) is 4.31 Å². The van der Waals surface area contributed by atoms with Crippen molar-refractivity contribution in [1.82, 2.24) is 9.29 Å². The SMILES string of the molecule is O=S(=O)(c1ccc(-c2ccc(C=Cc3ccc4cccc(O)c4n3)o2)cc1)N1CCOCC1. The number of sulfonamides is 1. The molecule has 8 heteroatoms. The number of para-hydroxylation sites is 1. The number of morpholine rings is 1. The van der Waals surface area contributed by atoms with Gasteiger partial charge in [-0.15, -0.1) is 0 Å². The number of rotatable bonds is 5. The van der Waals surface area contributed by atoms with Gasteiger partial charge in [-0.1, -0.05) is 18.2 Å². The maximum atomic E-state index is 12.8. The van der Waals surface area contributed by atoms with Crippen molar-refractivity contribution in [1.29, 1.82) is 0 Å². The molecule has 2 aromatic heterocycles. The lowest BCUT2D eigenvalue weighted by Gasteiger charge is -2.26. The summed E-state index contributed by atoms with van der Waals surface area (Å²) in [6.45, 7) is 1.55. The van der Waals surface area contributed by atoms with Crippen LogP contribution in [0.5, 0.6) is 5.75 Å². The molecule has 1 N–H and O–H groups in total. The number of hydrogen-bond donors (Lipinski definition) is 1. The molecule has 0 saturated carbocycles. The number of pyridine rings is 1. The molecular weight excluding hydrogens is 440 g/mol. The zero-order valence-electron chi connectivity index (χ0n) is 17.7. The van der Waals surface area contributed by atoms with Gasteiger partial charge in [0.25, 0.3) is 0 Å². The summed E-state index contributed by atoms with van der Waals surface area (Å²) in [4.78, 5) is 4.73. The largest absolute Gasteiger partial charge is 0.506 e. The minimum absolute atomic E-state index is 0.141. The smallest absolute Gasteiger partial charge is 0.243 e. The molecule has 0 bridgehead atoms. The van der Waals surface area contributed by atoms with E-state index < -0.39 is 10.0 Å². The number of aromatic nitrogens is 1. The van der Waals surface area contributed by atoms with Gasteiger partial charge in [0, 0.05) is 24.0 Å². The predicted octanol–water partition coefficient (Wildman–Crippen LogP) is 4.39. The minimum Gasteiger partial charge on any atom is -0.506 e. The number of phenolic OH excluding ortho intramolecular Hbond substituents is 1. The zero-order chi connectivity index (χ0) is 22.8. The number of ether oxygens (including phenoxy) is 1. The van der Waals surface area contributed by atoms with Crippen LogP contribution in [-0.4, -0.2) is 49.1 Å². The van der Waals surface area contributed by atoms with Crippen LogP contribution in [0.1, 0.15) is 11.5 Å². The van der Waals surface area contributed by atoms with Crippen molar-refractivity contribution in [2.45, 2.75) is 4.90 Å². The first kappa shape index (κ1) is 21.4. The van der Waals surface area contributed by atoms with Gasteiger partial charge in [0.1, 0.15) is 22.8 Å². The van der Waals surface area contributed by atoms with Crippen molar-refractivity contribution in [2.75, 3.05) is 26.3 Å². The quantitative estimate of drug-likeness (QED) is 0.473. The number of furan rings is 1. The van der Waals surface area contributed by atoms with Gasteiger partial charge in [-0.3, -0.25) is 0 Å². The molecule has 1 saturated heterocycles. The van der Waals surface area contributed by atoms with Gasteiger partial charge in [-0.25, -0.2) is 13.4 Å². The van der Waals surface area contributed by atoms with E-state index in [-0.39, 0.29) is 10.6 Å². The van der Waals surface area contributed by atoms with Crippen molar-refractivity contribution in [3.05, 3.63) is 78.2 Å². The second-order valence-electron chi connectivity index (χ2n) is 7.66. The number of benzene rings is 2. The normalized spacial score (nSPS) is 15.4. The van der Waals surface area contributed by atoms with Crippen LogP contribution in [0.25, 0.3) is 34.4 Å². The first-order chi connectivity index (χ1) is 16.0. The van der Waals surface area contributed by atoms with E-state index in [2.05, 4.69) is 4.98 Å². The van der Waals surface area contributed by atoms with Crippen LogP contribution >= 0.6 is 0 Å². The van der Waals surface area contributed by atoms with E-state index in [0.717, 1.165) is 10.9 Å². The average Bonchev–Trinajstić information content (AvgIpc) is 3.33. The van der Waals surface area contributed by atoms with Crippen LogP contribution in [0.3, 0.4) is 0 Å². The second-order valence-corrected chi connectivity index (χ2v) is 9.60. The molecule has 1 aliphatic heterocycles. The number of nitrogens with zero attached hydrogens (tertiary/aromatic N) is 2. The monoisotopic (exact) mass is 462 g/mol. The van der Waals surface area contributed by atoms with Crippen LogP contribution in [0, 0.1) is 0 Å². The Morgan fingerprint density at radius 2 is 1.70 bits per heavy atom. The third-order valence-electron chi connectivity index (χ3n) is 5.51. The fraction of sp³-hybridized carbons (Fsp3) is 0.160. The third kappa shape index (κ3) is 4.41. The van der Waals surface area contributed by atoms with E-state index in [1.54, 1.807) is 42.5 Å². The van der Waals surface area contributed by atoms with Crippen molar-refractivity contribution in [3.63, 3.8) is 0 Å². The van der Waals surface area contributed by atoms with Crippen LogP contribution in [0.15, 0.2) is 76.0 Å². The maximum absolute atomic E-state index is 12.8. The molecule has 5 rings (SSSR count). The number of fused-ring (bicyclic) bond motifs is 1. The van der Waals surface area contributed by atoms with Gasteiger partial charge in [0.15, 0.2) is 0 Å². The van der Waals surface area contributed by atoms with Gasteiger partial charge in [0.2, 0.25) is 10.0 Å². The maximum Gasteiger partial charge on any atom is 0.243 e. The Morgan fingerprint density at radius 3 is 2.48 bits per heavy atom. The molecule has 0 amide bonds. The molecule has 1 fully saturated rings. The minimum atomic E-state index is -3.53. The topological polar surface area (TPSA) is 92.9 Å². The molecule has 0 aliphatic carbocycles. The highest BCUT2D eigenvalue weighted by Crippen LogP contribution is 2.27. The first-order valence-electron chi connectivity index (χ1n) is 10.6. The summed E-state index contributed by atoms with van der Waals surface area (Å²) in [6.07, 6.45) is 3.61. The first-order valence-corrected chi connectivity index (χ1v) is 12.0. The van der Waals surface area contributed by atoms with Crippen molar-refractivity contribution >= 4 is 33.1 Å². The molecule has 0 radical (unpaired) electrons. The number of aromatic hydroxyl groups is 1. The summed E-state index contributed by atoms with van der Waals surface area (Å²) >= 11 is 0. The molecule has 0 atom stereocenters. The van der Waals surface area contributed by atoms with E-state index in [9.17, 15) is 13.5 Å². The van der Waals surface area contributed by atoms with Gasteiger partial charge in [0.05, 0.1) is 23.8 Å². The molecule has 0 spiro atoms. The summed E-state index contributed by atoms with van der Waals surface area (Å²) in [7, 11) is -3.53. The van der Waals surface area contributed by atoms with E-state index in [1.165, 1.54) is 4.31 Å². The van der Waals surface area contributed by atoms with Crippen LogP contribution in [-0.2, 0) is 14.8 Å². The zero-order valence-corrected chi connectivity index (χ0v) is 18.5. The molecule has 0 unspecified atom stereocenters. The van der Waals surface area contributed by atoms with Gasteiger partial charge < -0.3 is 14.3 Å². The van der Waals surface area contributed by atoms with E-state index in [1.807, 2.05) is 36.4 Å². The molecule has 33 heavy (non-hydrogen) atoms. The van der Waals surface area contributed by atoms with Crippen molar-refractivity contribution in [2.24, 2.45) is 0 Å². The second kappa shape index (κ2) is 8.82. The Labute approximate surface area is 191 Å². The Kier molecular flexibility index (Phi) is 5.72. The van der Waals surface area contributed by atoms with Crippen molar-refractivity contribution < 1.29 is 22.7 Å². The Balaban J connectivity index is 1.33. The highest BCUT2D eigenvalue weighted by molar-refractivity contribution is 7.89. The highest BCUT2D eigenvalue weighted by Gasteiger charge is 2.26. The molecule has 1 aliphatic rings. The summed E-state index contributed by atoms with van der Waals surface area (Å²) in [5.41, 5.74) is 2.02. The number of hydrogen-bond acceptors (Lipinski definition) is 6. The van der Waals surface area contributed by atoms with Crippen LogP contribution < -0.4 is 0 Å². The summed E-state index contributed by atoms with van der Waals surface area (Å²) in [5, 5.41) is 10.9. The van der Waals surface area contributed by atoms with E-state index in [4.69, 9.17) is 9.15 Å². The number of phenols is 1. The lowest BCUT2D eigenvalue weighted by atomic mass is 10.2. The van der Waals surface area contributed by atoms with Gasteiger partial charge >= 0.3 is 0 Å². The van der Waals surface area contributed by atoms with Gasteiger partial charge in [-0.05, 0) is 60.7 Å². The molecule has 7 nitrogen and oxygen atoms in total. The lowest BCUT2D eigenvalue weighted by molar-refractivity contribution is 0.0730.